The number of halogens is 2. The summed E-state index contributed by atoms with van der Waals surface area (Å²) in [5.74, 6) is -0.401. The van der Waals surface area contributed by atoms with Gasteiger partial charge in [0, 0.05) is 22.7 Å². The summed E-state index contributed by atoms with van der Waals surface area (Å²) in [5.41, 5.74) is 0.284. The largest absolute Gasteiger partial charge is 0.493 e. The summed E-state index contributed by atoms with van der Waals surface area (Å²) < 4.78 is 40.5. The van der Waals surface area contributed by atoms with E-state index < -0.39 is 19.8 Å². The maximum absolute atomic E-state index is 13.5. The number of benzene rings is 1. The first kappa shape index (κ1) is 9.73. The fourth-order valence-electron chi connectivity index (χ4n) is 1.40. The van der Waals surface area contributed by atoms with Crippen LogP contribution in [0.15, 0.2) is 17.0 Å². The summed E-state index contributed by atoms with van der Waals surface area (Å²) in [7, 11) is 1.04. The Balaban J connectivity index is 2.68. The zero-order valence-corrected chi connectivity index (χ0v) is 8.53. The lowest BCUT2D eigenvalue weighted by atomic mass is 10.1. The molecule has 0 aromatic heterocycles. The summed E-state index contributed by atoms with van der Waals surface area (Å²) >= 11 is 0. The van der Waals surface area contributed by atoms with E-state index in [1.54, 1.807) is 0 Å². The van der Waals surface area contributed by atoms with Crippen molar-refractivity contribution in [3.8, 4) is 5.75 Å². The maximum atomic E-state index is 13.5. The zero-order valence-electron chi connectivity index (χ0n) is 6.96. The molecule has 0 saturated carbocycles. The van der Waals surface area contributed by atoms with Crippen molar-refractivity contribution in [1.29, 1.82) is 0 Å². The van der Waals surface area contributed by atoms with Gasteiger partial charge in [-0.1, -0.05) is 0 Å². The van der Waals surface area contributed by atoms with Gasteiger partial charge in [0.15, 0.2) is 0 Å². The second kappa shape index (κ2) is 3.10. The van der Waals surface area contributed by atoms with E-state index in [0.717, 1.165) is 6.07 Å². The Kier molecular flexibility index (Phi) is 2.16. The molecule has 0 amide bonds. The van der Waals surface area contributed by atoms with Gasteiger partial charge in [-0.15, -0.1) is 0 Å². The molecule has 6 heteroatoms. The molecule has 0 radical (unpaired) electrons. The van der Waals surface area contributed by atoms with E-state index >= 15 is 0 Å². The molecule has 1 aromatic rings. The summed E-state index contributed by atoms with van der Waals surface area (Å²) in [6.45, 7) is 0.373. The maximum Gasteiger partial charge on any atom is 0.264 e. The molecule has 0 bridgehead atoms. The van der Waals surface area contributed by atoms with E-state index in [-0.39, 0.29) is 5.56 Å². The van der Waals surface area contributed by atoms with Crippen molar-refractivity contribution in [2.75, 3.05) is 6.61 Å². The monoisotopic (exact) mass is 236 g/mol. The molecule has 1 aliphatic heterocycles. The lowest BCUT2D eigenvalue weighted by Gasteiger charge is -2.03. The molecule has 3 nitrogen and oxygen atoms in total. The molecular formula is C8H6ClFO3S. The predicted molar refractivity (Wildman–Crippen MR) is 48.6 cm³/mol. The molecule has 76 valence electrons. The highest BCUT2D eigenvalue weighted by atomic mass is 35.7. The van der Waals surface area contributed by atoms with Crippen molar-refractivity contribution in [2.45, 2.75) is 11.3 Å². The van der Waals surface area contributed by atoms with Gasteiger partial charge >= 0.3 is 0 Å². The molecule has 0 unspecified atom stereocenters. The Labute approximate surface area is 84.9 Å². The van der Waals surface area contributed by atoms with Crippen molar-refractivity contribution in [3.63, 3.8) is 0 Å². The Morgan fingerprint density at radius 2 is 2.14 bits per heavy atom. The molecule has 1 aromatic carbocycles. The minimum atomic E-state index is -4.01. The van der Waals surface area contributed by atoms with Crippen LogP contribution in [-0.4, -0.2) is 15.0 Å². The van der Waals surface area contributed by atoms with Gasteiger partial charge in [0.05, 0.1) is 6.61 Å². The van der Waals surface area contributed by atoms with Crippen LogP contribution in [0.4, 0.5) is 4.39 Å². The first-order chi connectivity index (χ1) is 6.50. The molecule has 1 aliphatic rings. The average Bonchev–Trinajstić information content (AvgIpc) is 2.50. The third kappa shape index (κ3) is 1.46. The summed E-state index contributed by atoms with van der Waals surface area (Å²) in [5, 5.41) is 0. The minimum absolute atomic E-state index is 0.284. The van der Waals surface area contributed by atoms with Crippen LogP contribution >= 0.6 is 10.7 Å². The second-order valence-electron chi connectivity index (χ2n) is 2.89. The average molecular weight is 237 g/mol. The molecule has 0 fully saturated rings. The number of hydrogen-bond donors (Lipinski definition) is 0. The van der Waals surface area contributed by atoms with Crippen LogP contribution in [0.25, 0.3) is 0 Å². The first-order valence-electron chi connectivity index (χ1n) is 3.89. The lowest BCUT2D eigenvalue weighted by Crippen LogP contribution is -1.98. The fourth-order valence-corrected chi connectivity index (χ4v) is 2.33. The van der Waals surface area contributed by atoms with Crippen LogP contribution < -0.4 is 4.74 Å². The van der Waals surface area contributed by atoms with Crippen molar-refractivity contribution in [3.05, 3.63) is 23.5 Å². The highest BCUT2D eigenvalue weighted by Crippen LogP contribution is 2.32. The third-order valence-corrected chi connectivity index (χ3v) is 3.38. The van der Waals surface area contributed by atoms with Gasteiger partial charge in [-0.05, 0) is 12.1 Å². The molecule has 14 heavy (non-hydrogen) atoms. The molecule has 2 rings (SSSR count). The van der Waals surface area contributed by atoms with E-state index in [1.165, 1.54) is 6.07 Å². The summed E-state index contributed by atoms with van der Waals surface area (Å²) in [4.78, 5) is -0.483. The summed E-state index contributed by atoms with van der Waals surface area (Å²) in [6, 6.07) is 2.53. The topological polar surface area (TPSA) is 43.4 Å². The normalized spacial score (nSPS) is 15.0. The Morgan fingerprint density at radius 1 is 1.43 bits per heavy atom. The van der Waals surface area contributed by atoms with Crippen LogP contribution in [0.3, 0.4) is 0 Å². The van der Waals surface area contributed by atoms with Crippen LogP contribution in [0, 0.1) is 5.82 Å². The molecule has 0 atom stereocenters. The second-order valence-corrected chi connectivity index (χ2v) is 5.43. The minimum Gasteiger partial charge on any atom is -0.493 e. The fraction of sp³-hybridized carbons (Fsp3) is 0.250. The molecule has 0 saturated heterocycles. The van der Waals surface area contributed by atoms with E-state index in [4.69, 9.17) is 15.4 Å². The lowest BCUT2D eigenvalue weighted by molar-refractivity contribution is 0.356. The van der Waals surface area contributed by atoms with Crippen molar-refractivity contribution >= 4 is 19.7 Å². The quantitative estimate of drug-likeness (QED) is 0.697. The molecule has 0 N–H and O–H groups in total. The molecule has 1 heterocycles. The first-order valence-corrected chi connectivity index (χ1v) is 6.20. The third-order valence-electron chi connectivity index (χ3n) is 2.04. The Morgan fingerprint density at radius 3 is 2.79 bits per heavy atom. The van der Waals surface area contributed by atoms with Gasteiger partial charge in [0.1, 0.15) is 16.5 Å². The molecule has 0 spiro atoms. The molecular weight excluding hydrogens is 231 g/mol. The van der Waals surface area contributed by atoms with Crippen LogP contribution in [0.2, 0.25) is 0 Å². The SMILES string of the molecule is O=S(=O)(Cl)c1ccc2c(c1F)CCO2. The van der Waals surface area contributed by atoms with E-state index in [9.17, 15) is 12.8 Å². The van der Waals surface area contributed by atoms with Gasteiger partial charge < -0.3 is 4.74 Å². The van der Waals surface area contributed by atoms with Gasteiger partial charge in [-0.3, -0.25) is 0 Å². The van der Waals surface area contributed by atoms with E-state index in [1.807, 2.05) is 0 Å². The van der Waals surface area contributed by atoms with Crippen LogP contribution in [0.1, 0.15) is 5.56 Å². The molecule has 0 aliphatic carbocycles. The van der Waals surface area contributed by atoms with Crippen LogP contribution in [-0.2, 0) is 15.5 Å². The number of rotatable bonds is 1. The van der Waals surface area contributed by atoms with E-state index in [0.29, 0.717) is 18.8 Å². The van der Waals surface area contributed by atoms with Crippen LogP contribution in [0.5, 0.6) is 5.75 Å². The smallest absolute Gasteiger partial charge is 0.264 e. The van der Waals surface area contributed by atoms with Gasteiger partial charge in [-0.2, -0.15) is 0 Å². The van der Waals surface area contributed by atoms with Crippen molar-refractivity contribution in [1.82, 2.24) is 0 Å². The zero-order chi connectivity index (χ0) is 10.3. The van der Waals surface area contributed by atoms with Gasteiger partial charge in [-0.25, -0.2) is 12.8 Å². The number of fused-ring (bicyclic) bond motifs is 1. The number of ether oxygens (including phenoxy) is 1. The predicted octanol–water partition coefficient (Wildman–Crippen LogP) is 1.69. The Hall–Kier alpha value is -0.810. The Bertz CT molecular complexity index is 484. The van der Waals surface area contributed by atoms with Crippen molar-refractivity contribution in [2.24, 2.45) is 0 Å². The van der Waals surface area contributed by atoms with E-state index in [2.05, 4.69) is 0 Å². The highest BCUT2D eigenvalue weighted by Gasteiger charge is 2.24. The number of hydrogen-bond acceptors (Lipinski definition) is 3. The summed E-state index contributed by atoms with van der Waals surface area (Å²) in [6.07, 6.45) is 0.376. The van der Waals surface area contributed by atoms with Crippen molar-refractivity contribution < 1.29 is 17.5 Å². The van der Waals surface area contributed by atoms with Gasteiger partial charge in [0.25, 0.3) is 9.05 Å². The standard InChI is InChI=1S/C8H6ClFO3S/c9-14(11,12)7-2-1-6-5(8(7)10)3-4-13-6/h1-2H,3-4H2. The highest BCUT2D eigenvalue weighted by molar-refractivity contribution is 8.13. The van der Waals surface area contributed by atoms with Gasteiger partial charge in [0.2, 0.25) is 0 Å².